The molecule has 0 spiro atoms. The van der Waals surface area contributed by atoms with Crippen molar-refractivity contribution in [2.75, 3.05) is 7.11 Å². The van der Waals surface area contributed by atoms with Gasteiger partial charge in [-0.15, -0.1) is 0 Å². The molecule has 1 atom stereocenters. The van der Waals surface area contributed by atoms with Gasteiger partial charge in [-0.05, 0) is 13.8 Å². The number of carbonyl (C=O) groups is 2. The maximum absolute atomic E-state index is 11.4. The summed E-state index contributed by atoms with van der Waals surface area (Å²) >= 11 is 0. The van der Waals surface area contributed by atoms with E-state index in [4.69, 9.17) is 0 Å². The molecule has 1 amide bonds. The highest BCUT2D eigenvalue weighted by Gasteiger charge is 2.28. The van der Waals surface area contributed by atoms with Gasteiger partial charge in [-0.3, -0.25) is 14.9 Å². The molecule has 88 valence electrons. The molecular weight excluding hydrogens is 212 g/mol. The van der Waals surface area contributed by atoms with Gasteiger partial charge in [0.2, 0.25) is 5.96 Å². The lowest BCUT2D eigenvalue weighted by atomic mass is 10.2. The fourth-order valence-corrected chi connectivity index (χ4v) is 1.05. The third kappa shape index (κ3) is 3.34. The highest BCUT2D eigenvalue weighted by Crippen LogP contribution is 2.05. The number of ether oxygens (including phenoxy) is 1. The number of hydrogen-bond acceptors (Lipinski definition) is 6. The number of aliphatic imine (C=N–C) groups is 1. The highest BCUT2D eigenvalue weighted by molar-refractivity contribution is 6.06. The molecule has 1 aliphatic rings. The van der Waals surface area contributed by atoms with Crippen molar-refractivity contribution in [1.82, 2.24) is 10.7 Å². The van der Waals surface area contributed by atoms with E-state index in [1.165, 1.54) is 7.11 Å². The number of hydrogen-bond donors (Lipinski definition) is 2. The van der Waals surface area contributed by atoms with Crippen LogP contribution in [0.1, 0.15) is 20.3 Å². The summed E-state index contributed by atoms with van der Waals surface area (Å²) in [6.45, 7) is 3.60. The Bertz CT molecular complexity index is 358. The lowest BCUT2D eigenvalue weighted by molar-refractivity contribution is -0.142. The zero-order valence-electron chi connectivity index (χ0n) is 9.40. The molecule has 1 rings (SSSR count). The molecule has 0 aliphatic carbocycles. The molecule has 0 fully saturated rings. The topological polar surface area (TPSA) is 92.2 Å². The van der Waals surface area contributed by atoms with E-state index >= 15 is 0 Å². The Kier molecular flexibility index (Phi) is 3.98. The van der Waals surface area contributed by atoms with Gasteiger partial charge in [0.1, 0.15) is 6.04 Å². The van der Waals surface area contributed by atoms with E-state index in [1.54, 1.807) is 13.8 Å². The largest absolute Gasteiger partial charge is 0.469 e. The average molecular weight is 226 g/mol. The van der Waals surface area contributed by atoms with Gasteiger partial charge in [0, 0.05) is 5.71 Å². The third-order valence-corrected chi connectivity index (χ3v) is 1.80. The standard InChI is InChI=1S/C9H14N4O3/c1-5(2)12-13-9-10-6(8(15)11-9)4-7(14)16-3/h6H,4H2,1-3H3,(H2,10,11,13,15). The van der Waals surface area contributed by atoms with E-state index in [1.807, 2.05) is 0 Å². The zero-order valence-corrected chi connectivity index (χ0v) is 9.40. The van der Waals surface area contributed by atoms with Gasteiger partial charge in [0.15, 0.2) is 0 Å². The van der Waals surface area contributed by atoms with Gasteiger partial charge in [-0.1, -0.05) is 0 Å². The first-order valence-electron chi connectivity index (χ1n) is 4.75. The van der Waals surface area contributed by atoms with Gasteiger partial charge in [0.05, 0.1) is 13.5 Å². The van der Waals surface area contributed by atoms with Crippen molar-refractivity contribution in [2.45, 2.75) is 26.3 Å². The van der Waals surface area contributed by atoms with E-state index in [0.29, 0.717) is 0 Å². The Labute approximate surface area is 93.0 Å². The molecule has 1 heterocycles. The minimum absolute atomic E-state index is 0.0671. The quantitative estimate of drug-likeness (QED) is 0.381. The number of nitrogens with one attached hydrogen (secondary N) is 2. The normalized spacial score (nSPS) is 18.6. The van der Waals surface area contributed by atoms with Crippen LogP contribution in [0.3, 0.4) is 0 Å². The van der Waals surface area contributed by atoms with Crippen LogP contribution >= 0.6 is 0 Å². The smallest absolute Gasteiger partial charge is 0.308 e. The average Bonchev–Trinajstić information content (AvgIpc) is 2.56. The summed E-state index contributed by atoms with van der Waals surface area (Å²) in [6.07, 6.45) is -0.0671. The van der Waals surface area contributed by atoms with E-state index < -0.39 is 12.0 Å². The van der Waals surface area contributed by atoms with Crippen molar-refractivity contribution < 1.29 is 14.3 Å². The number of carbonyl (C=O) groups excluding carboxylic acids is 2. The van der Waals surface area contributed by atoms with Crippen LogP contribution in [0.25, 0.3) is 0 Å². The molecule has 0 aromatic rings. The molecule has 0 aromatic carbocycles. The Morgan fingerprint density at radius 2 is 2.31 bits per heavy atom. The van der Waals surface area contributed by atoms with Crippen LogP contribution in [-0.4, -0.2) is 36.7 Å². The summed E-state index contributed by atoms with van der Waals surface area (Å²) in [7, 11) is 1.27. The van der Waals surface area contributed by atoms with E-state index in [0.717, 1.165) is 5.71 Å². The van der Waals surface area contributed by atoms with Crippen molar-refractivity contribution in [1.29, 1.82) is 0 Å². The molecule has 0 radical (unpaired) electrons. The summed E-state index contributed by atoms with van der Waals surface area (Å²) < 4.78 is 4.46. The molecule has 0 saturated heterocycles. The van der Waals surface area contributed by atoms with E-state index in [-0.39, 0.29) is 18.3 Å². The molecule has 0 bridgehead atoms. The number of esters is 1. The Balaban J connectivity index is 2.57. The number of methoxy groups -OCH3 is 1. The van der Waals surface area contributed by atoms with Gasteiger partial charge < -0.3 is 4.74 Å². The van der Waals surface area contributed by atoms with Gasteiger partial charge in [-0.2, -0.15) is 5.10 Å². The van der Waals surface area contributed by atoms with Gasteiger partial charge >= 0.3 is 5.97 Å². The molecule has 1 aliphatic heterocycles. The summed E-state index contributed by atoms with van der Waals surface area (Å²) in [5, 5.41) is 6.35. The second-order valence-electron chi connectivity index (χ2n) is 3.43. The second kappa shape index (κ2) is 5.24. The first-order chi connectivity index (χ1) is 7.52. The summed E-state index contributed by atoms with van der Waals surface area (Å²) in [6, 6.07) is -0.734. The van der Waals surface area contributed by atoms with Crippen molar-refractivity contribution in [3.8, 4) is 0 Å². The maximum atomic E-state index is 11.4. The first kappa shape index (κ1) is 12.2. The lowest BCUT2D eigenvalue weighted by Gasteiger charge is -2.01. The number of guanidine groups is 1. The van der Waals surface area contributed by atoms with Crippen LogP contribution < -0.4 is 10.7 Å². The monoisotopic (exact) mass is 226 g/mol. The van der Waals surface area contributed by atoms with Crippen molar-refractivity contribution in [2.24, 2.45) is 10.1 Å². The van der Waals surface area contributed by atoms with Crippen LogP contribution in [0, 0.1) is 0 Å². The van der Waals surface area contributed by atoms with E-state index in [2.05, 4.69) is 25.6 Å². The predicted octanol–water partition coefficient (Wildman–Crippen LogP) is -0.611. The molecule has 16 heavy (non-hydrogen) atoms. The molecule has 7 nitrogen and oxygen atoms in total. The second-order valence-corrected chi connectivity index (χ2v) is 3.43. The van der Waals surface area contributed by atoms with Crippen LogP contribution in [0.2, 0.25) is 0 Å². The summed E-state index contributed by atoms with van der Waals surface area (Å²) in [4.78, 5) is 26.3. The van der Waals surface area contributed by atoms with Crippen LogP contribution in [0.4, 0.5) is 0 Å². The van der Waals surface area contributed by atoms with Crippen LogP contribution in [-0.2, 0) is 14.3 Å². The number of rotatable bonds is 3. The Morgan fingerprint density at radius 1 is 1.62 bits per heavy atom. The molecule has 7 heteroatoms. The first-order valence-corrected chi connectivity index (χ1v) is 4.75. The number of nitrogens with zero attached hydrogens (tertiary/aromatic N) is 2. The fraction of sp³-hybridized carbons (Fsp3) is 0.556. The Morgan fingerprint density at radius 3 is 2.88 bits per heavy atom. The Hall–Kier alpha value is -1.92. The minimum Gasteiger partial charge on any atom is -0.469 e. The van der Waals surface area contributed by atoms with Crippen molar-refractivity contribution in [3.63, 3.8) is 0 Å². The zero-order chi connectivity index (χ0) is 12.1. The summed E-state index contributed by atoms with van der Waals surface area (Å²) in [5.74, 6) is -0.558. The highest BCUT2D eigenvalue weighted by atomic mass is 16.5. The number of amides is 1. The van der Waals surface area contributed by atoms with Crippen molar-refractivity contribution >= 4 is 23.5 Å². The lowest BCUT2D eigenvalue weighted by Crippen LogP contribution is -2.35. The number of hydrazone groups is 1. The molecular formula is C9H14N4O3. The minimum atomic E-state index is -0.734. The fourth-order valence-electron chi connectivity index (χ4n) is 1.05. The predicted molar refractivity (Wildman–Crippen MR) is 57.9 cm³/mol. The summed E-state index contributed by atoms with van der Waals surface area (Å²) in [5.41, 5.74) is 3.39. The molecule has 2 N–H and O–H groups in total. The van der Waals surface area contributed by atoms with E-state index in [9.17, 15) is 9.59 Å². The molecule has 0 aromatic heterocycles. The van der Waals surface area contributed by atoms with Gasteiger partial charge in [0.25, 0.3) is 5.91 Å². The van der Waals surface area contributed by atoms with Crippen LogP contribution in [0.5, 0.6) is 0 Å². The maximum Gasteiger partial charge on any atom is 0.308 e. The third-order valence-electron chi connectivity index (χ3n) is 1.80. The molecule has 0 saturated carbocycles. The molecule has 1 unspecified atom stereocenters. The van der Waals surface area contributed by atoms with Crippen molar-refractivity contribution in [3.05, 3.63) is 0 Å². The van der Waals surface area contributed by atoms with Crippen LogP contribution in [0.15, 0.2) is 10.1 Å². The van der Waals surface area contributed by atoms with Gasteiger partial charge in [-0.25, -0.2) is 10.4 Å². The SMILES string of the molecule is COC(=O)CC1N=C(NN=C(C)C)NC1=O.